The fourth-order valence-electron chi connectivity index (χ4n) is 4.87. The fourth-order valence-corrected chi connectivity index (χ4v) is 6.58. The summed E-state index contributed by atoms with van der Waals surface area (Å²) in [7, 11) is -2.63. The van der Waals surface area contributed by atoms with Gasteiger partial charge in [0.05, 0.1) is 10.6 Å². The number of hydrogen-bond donors (Lipinski definition) is 1. The van der Waals surface area contributed by atoms with Gasteiger partial charge >= 0.3 is 0 Å². The summed E-state index contributed by atoms with van der Waals surface area (Å²) in [5.41, 5.74) is 3.63. The van der Waals surface area contributed by atoms with E-state index in [-0.39, 0.29) is 23.8 Å². The highest BCUT2D eigenvalue weighted by atomic mass is 35.5. The Morgan fingerprint density at radius 3 is 2.10 bits per heavy atom. The number of rotatable bonds is 11. The number of carbonyl (C=O) groups excluding carboxylic acids is 2. The second-order valence-corrected chi connectivity index (χ2v) is 12.4. The molecule has 0 unspecified atom stereocenters. The maximum absolute atomic E-state index is 14.3. The van der Waals surface area contributed by atoms with Crippen molar-refractivity contribution >= 4 is 39.1 Å². The zero-order valence-electron chi connectivity index (χ0n) is 23.8. The van der Waals surface area contributed by atoms with E-state index < -0.39 is 28.5 Å². The molecule has 1 N–H and O–H groups in total. The number of carbonyl (C=O) groups is 2. The third-order valence-corrected chi connectivity index (χ3v) is 9.00. The molecule has 1 atom stereocenters. The minimum atomic E-state index is -4.14. The molecule has 0 aliphatic carbocycles. The molecule has 0 fully saturated rings. The number of halogens is 1. The summed E-state index contributed by atoms with van der Waals surface area (Å²) >= 11 is 6.26. The Hall–Kier alpha value is -4.14. The number of nitrogens with zero attached hydrogens (tertiary/aromatic N) is 2. The molecule has 0 heterocycles. The molecular weight excluding hydrogens is 570 g/mol. The first-order valence-corrected chi connectivity index (χ1v) is 15.4. The molecule has 0 aliphatic rings. The van der Waals surface area contributed by atoms with Crippen LogP contribution in [0.2, 0.25) is 5.02 Å². The van der Waals surface area contributed by atoms with Gasteiger partial charge in [0.15, 0.2) is 0 Å². The number of amides is 2. The average molecular weight is 604 g/mol. The summed E-state index contributed by atoms with van der Waals surface area (Å²) in [5, 5.41) is 3.17. The van der Waals surface area contributed by atoms with Crippen molar-refractivity contribution in [3.05, 3.63) is 130 Å². The lowest BCUT2D eigenvalue weighted by Gasteiger charge is -2.34. The van der Waals surface area contributed by atoms with Crippen LogP contribution in [0.1, 0.15) is 22.3 Å². The van der Waals surface area contributed by atoms with E-state index in [9.17, 15) is 18.0 Å². The van der Waals surface area contributed by atoms with Crippen molar-refractivity contribution in [2.75, 3.05) is 17.9 Å². The molecule has 4 rings (SSSR count). The molecule has 0 aliphatic heterocycles. The van der Waals surface area contributed by atoms with Gasteiger partial charge in [0.1, 0.15) is 12.6 Å². The van der Waals surface area contributed by atoms with E-state index in [0.717, 1.165) is 15.4 Å². The van der Waals surface area contributed by atoms with Gasteiger partial charge < -0.3 is 10.2 Å². The van der Waals surface area contributed by atoms with Gasteiger partial charge in [-0.25, -0.2) is 8.42 Å². The van der Waals surface area contributed by atoms with Gasteiger partial charge in [0, 0.05) is 25.0 Å². The molecule has 0 bridgehead atoms. The molecular formula is C33H34ClN3O4S. The molecule has 7 nitrogen and oxygen atoms in total. The van der Waals surface area contributed by atoms with Crippen molar-refractivity contribution in [1.29, 1.82) is 0 Å². The molecule has 0 aromatic heterocycles. The number of anilines is 1. The van der Waals surface area contributed by atoms with Crippen LogP contribution < -0.4 is 9.62 Å². The molecule has 0 spiro atoms. The van der Waals surface area contributed by atoms with Crippen LogP contribution in [0.15, 0.2) is 108 Å². The van der Waals surface area contributed by atoms with Crippen LogP contribution in [0.3, 0.4) is 0 Å². The van der Waals surface area contributed by atoms with Crippen LogP contribution >= 0.6 is 11.6 Å². The van der Waals surface area contributed by atoms with Crippen molar-refractivity contribution < 1.29 is 18.0 Å². The molecule has 0 radical (unpaired) electrons. The Labute approximate surface area is 252 Å². The molecule has 9 heteroatoms. The maximum Gasteiger partial charge on any atom is 0.264 e. The summed E-state index contributed by atoms with van der Waals surface area (Å²) in [6.07, 6.45) is 0.238. The zero-order chi connectivity index (χ0) is 30.3. The highest BCUT2D eigenvalue weighted by Crippen LogP contribution is 2.28. The van der Waals surface area contributed by atoms with Gasteiger partial charge in [-0.05, 0) is 60.9 Å². The van der Waals surface area contributed by atoms with E-state index in [2.05, 4.69) is 5.32 Å². The number of benzene rings is 4. The largest absolute Gasteiger partial charge is 0.357 e. The van der Waals surface area contributed by atoms with Crippen molar-refractivity contribution in [3.8, 4) is 0 Å². The van der Waals surface area contributed by atoms with Crippen molar-refractivity contribution in [1.82, 2.24) is 10.2 Å². The lowest BCUT2D eigenvalue weighted by atomic mass is 10.0. The highest BCUT2D eigenvalue weighted by molar-refractivity contribution is 7.92. The maximum atomic E-state index is 14.3. The van der Waals surface area contributed by atoms with Gasteiger partial charge in [-0.1, -0.05) is 90.0 Å². The molecule has 4 aromatic rings. The summed E-state index contributed by atoms with van der Waals surface area (Å²) in [4.78, 5) is 29.2. The van der Waals surface area contributed by atoms with Crippen LogP contribution in [0.25, 0.3) is 0 Å². The Morgan fingerprint density at radius 2 is 1.48 bits per heavy atom. The quantitative estimate of drug-likeness (QED) is 0.244. The minimum absolute atomic E-state index is 0.0520. The van der Waals surface area contributed by atoms with Crippen LogP contribution in [0.4, 0.5) is 5.69 Å². The third kappa shape index (κ3) is 7.38. The predicted octanol–water partition coefficient (Wildman–Crippen LogP) is 5.54. The van der Waals surface area contributed by atoms with E-state index in [4.69, 9.17) is 11.6 Å². The summed E-state index contributed by atoms with van der Waals surface area (Å²) in [5.74, 6) is -0.891. The predicted molar refractivity (Wildman–Crippen MR) is 167 cm³/mol. The van der Waals surface area contributed by atoms with E-state index in [1.807, 2.05) is 62.4 Å². The van der Waals surface area contributed by atoms with Crippen molar-refractivity contribution in [2.24, 2.45) is 0 Å². The average Bonchev–Trinajstić information content (AvgIpc) is 2.98. The van der Waals surface area contributed by atoms with Crippen molar-refractivity contribution in [2.45, 2.75) is 37.8 Å². The summed E-state index contributed by atoms with van der Waals surface area (Å²) in [6, 6.07) is 28.9. The fraction of sp³-hybridized carbons (Fsp3) is 0.212. The molecule has 4 aromatic carbocycles. The Kier molecular flexibility index (Phi) is 10.0. The van der Waals surface area contributed by atoms with Crippen molar-refractivity contribution in [3.63, 3.8) is 0 Å². The van der Waals surface area contributed by atoms with Crippen LogP contribution in [-0.2, 0) is 32.6 Å². The first-order valence-electron chi connectivity index (χ1n) is 13.5. The van der Waals surface area contributed by atoms with Crippen LogP contribution in [0, 0.1) is 13.8 Å². The number of nitrogens with one attached hydrogen (secondary N) is 1. The topological polar surface area (TPSA) is 86.8 Å². The van der Waals surface area contributed by atoms with Gasteiger partial charge in [0.25, 0.3) is 10.0 Å². The lowest BCUT2D eigenvalue weighted by Crippen LogP contribution is -2.53. The monoisotopic (exact) mass is 603 g/mol. The lowest BCUT2D eigenvalue weighted by molar-refractivity contribution is -0.139. The van der Waals surface area contributed by atoms with Gasteiger partial charge in [-0.2, -0.15) is 0 Å². The van der Waals surface area contributed by atoms with Gasteiger partial charge in [-0.15, -0.1) is 0 Å². The second kappa shape index (κ2) is 13.7. The first-order chi connectivity index (χ1) is 20.1. The third-order valence-electron chi connectivity index (χ3n) is 6.99. The standard InChI is InChI=1S/C33H34ClN3O4S/c1-24-17-18-30(25(2)19-24)37(42(40,41)29-15-8-5-9-16-29)23-32(38)36(22-27-13-10-14-28(34)20-27)31(33(39)35-3)21-26-11-6-4-7-12-26/h4-20,31H,21-23H2,1-3H3,(H,35,39)/t31-/m1/s1. The van der Waals surface area contributed by atoms with Gasteiger partial charge in [-0.3, -0.25) is 13.9 Å². The molecule has 218 valence electrons. The highest BCUT2D eigenvalue weighted by Gasteiger charge is 2.34. The number of likely N-dealkylation sites (N-methyl/N-ethyl adjacent to an activating group) is 1. The second-order valence-electron chi connectivity index (χ2n) is 10.1. The van der Waals surface area contributed by atoms with E-state index in [0.29, 0.717) is 21.8 Å². The Balaban J connectivity index is 1.81. The molecule has 42 heavy (non-hydrogen) atoms. The zero-order valence-corrected chi connectivity index (χ0v) is 25.4. The molecule has 2 amide bonds. The summed E-state index contributed by atoms with van der Waals surface area (Å²) in [6.45, 7) is 3.27. The van der Waals surface area contributed by atoms with E-state index in [1.54, 1.807) is 42.5 Å². The number of hydrogen-bond acceptors (Lipinski definition) is 4. The summed E-state index contributed by atoms with van der Waals surface area (Å²) < 4.78 is 29.2. The molecule has 0 saturated carbocycles. The normalized spacial score (nSPS) is 11.9. The SMILES string of the molecule is CNC(=O)[C@@H](Cc1ccccc1)N(Cc1cccc(Cl)c1)C(=O)CN(c1ccc(C)cc1C)S(=O)(=O)c1ccccc1. The Morgan fingerprint density at radius 1 is 0.833 bits per heavy atom. The smallest absolute Gasteiger partial charge is 0.264 e. The van der Waals surface area contributed by atoms with E-state index in [1.165, 1.54) is 24.1 Å². The van der Waals surface area contributed by atoms with E-state index >= 15 is 0 Å². The van der Waals surface area contributed by atoms with Gasteiger partial charge in [0.2, 0.25) is 11.8 Å². The number of aryl methyl sites for hydroxylation is 2. The number of sulfonamides is 1. The Bertz CT molecular complexity index is 1650. The first kappa shape index (κ1) is 30.8. The minimum Gasteiger partial charge on any atom is -0.357 e. The van der Waals surface area contributed by atoms with Crippen LogP contribution in [-0.4, -0.2) is 44.8 Å². The molecule has 0 saturated heterocycles. The van der Waals surface area contributed by atoms with Crippen LogP contribution in [0.5, 0.6) is 0 Å².